The van der Waals surface area contributed by atoms with E-state index >= 15 is 0 Å². The Balaban J connectivity index is 4.00. The monoisotopic (exact) mass is 226 g/mol. The zero-order chi connectivity index (χ0) is 12.8. The first-order valence-corrected chi connectivity index (χ1v) is 5.95. The Morgan fingerprint density at radius 3 is 2.38 bits per heavy atom. The first kappa shape index (κ1) is 15.2. The number of allylic oxidation sites excluding steroid dienone is 1. The highest BCUT2D eigenvalue weighted by Gasteiger charge is 2.19. The van der Waals surface area contributed by atoms with Crippen molar-refractivity contribution in [3.63, 3.8) is 0 Å². The Morgan fingerprint density at radius 2 is 1.94 bits per heavy atom. The van der Waals surface area contributed by atoms with Gasteiger partial charge in [0.05, 0.1) is 6.04 Å². The molecule has 0 fully saturated rings. The molecule has 0 bridgehead atoms. The molecule has 0 radical (unpaired) electrons. The topological polar surface area (TPSA) is 41.1 Å². The maximum atomic E-state index is 11.8. The Morgan fingerprint density at radius 1 is 1.38 bits per heavy atom. The number of carbonyl (C=O) groups excluding carboxylic acids is 1. The molecule has 0 spiro atoms. The molecule has 0 rings (SSSR count). The fourth-order valence-electron chi connectivity index (χ4n) is 1.43. The molecule has 0 aromatic rings. The predicted octanol–water partition coefficient (Wildman–Crippen LogP) is 2.23. The normalized spacial score (nSPS) is 15.3. The molecular weight excluding hydrogens is 200 g/mol. The van der Waals surface area contributed by atoms with Gasteiger partial charge in [-0.2, -0.15) is 0 Å². The van der Waals surface area contributed by atoms with Gasteiger partial charge in [-0.05, 0) is 47.5 Å². The Bertz CT molecular complexity index is 231. The third kappa shape index (κ3) is 7.46. The van der Waals surface area contributed by atoms with Gasteiger partial charge in [0.15, 0.2) is 0 Å². The molecule has 0 heterocycles. The molecule has 0 aromatic carbocycles. The second kappa shape index (κ2) is 6.69. The highest BCUT2D eigenvalue weighted by atomic mass is 16.2. The summed E-state index contributed by atoms with van der Waals surface area (Å²) in [4.78, 5) is 11.8. The molecule has 16 heavy (non-hydrogen) atoms. The lowest BCUT2D eigenvalue weighted by Crippen LogP contribution is -2.51. The lowest BCUT2D eigenvalue weighted by atomic mass is 10.1. The van der Waals surface area contributed by atoms with Crippen LogP contribution in [0.5, 0.6) is 0 Å². The second-order valence-corrected chi connectivity index (χ2v) is 5.39. The number of amides is 1. The zero-order valence-electron chi connectivity index (χ0n) is 11.3. The molecule has 2 unspecified atom stereocenters. The average Bonchev–Trinajstić information content (AvgIpc) is 2.11. The van der Waals surface area contributed by atoms with Crippen molar-refractivity contribution in [2.75, 3.05) is 0 Å². The summed E-state index contributed by atoms with van der Waals surface area (Å²) in [6, 6.07) is 0.178. The lowest BCUT2D eigenvalue weighted by molar-refractivity contribution is -0.124. The summed E-state index contributed by atoms with van der Waals surface area (Å²) in [7, 11) is 0. The minimum absolute atomic E-state index is 0.0537. The second-order valence-electron chi connectivity index (χ2n) is 5.39. The fraction of sp³-hybridized carbons (Fsp3) is 0.769. The van der Waals surface area contributed by atoms with E-state index in [2.05, 4.69) is 24.1 Å². The van der Waals surface area contributed by atoms with Crippen LogP contribution in [0.25, 0.3) is 0 Å². The van der Waals surface area contributed by atoms with Crippen molar-refractivity contribution in [2.24, 2.45) is 0 Å². The van der Waals surface area contributed by atoms with E-state index in [1.54, 1.807) is 0 Å². The van der Waals surface area contributed by atoms with E-state index in [0.717, 1.165) is 12.8 Å². The summed E-state index contributed by atoms with van der Waals surface area (Å²) < 4.78 is 0. The van der Waals surface area contributed by atoms with Crippen LogP contribution in [0.4, 0.5) is 0 Å². The maximum Gasteiger partial charge on any atom is 0.237 e. The van der Waals surface area contributed by atoms with Crippen LogP contribution >= 0.6 is 0 Å². The van der Waals surface area contributed by atoms with E-state index in [1.165, 1.54) is 0 Å². The summed E-state index contributed by atoms with van der Waals surface area (Å²) in [6.45, 7) is 13.6. The van der Waals surface area contributed by atoms with Crippen molar-refractivity contribution < 1.29 is 4.79 Å². The van der Waals surface area contributed by atoms with Gasteiger partial charge in [0.2, 0.25) is 5.91 Å². The van der Waals surface area contributed by atoms with Crippen molar-refractivity contribution in [3.8, 4) is 0 Å². The number of hydrogen-bond donors (Lipinski definition) is 2. The van der Waals surface area contributed by atoms with E-state index in [4.69, 9.17) is 0 Å². The van der Waals surface area contributed by atoms with Crippen LogP contribution in [-0.2, 0) is 4.79 Å². The first-order valence-electron chi connectivity index (χ1n) is 5.95. The van der Waals surface area contributed by atoms with Gasteiger partial charge in [-0.25, -0.2) is 0 Å². The summed E-state index contributed by atoms with van der Waals surface area (Å²) in [5.74, 6) is 0.0537. The molecule has 3 nitrogen and oxygen atoms in total. The van der Waals surface area contributed by atoms with Gasteiger partial charge in [0.25, 0.3) is 0 Å². The van der Waals surface area contributed by atoms with Gasteiger partial charge in [0.1, 0.15) is 0 Å². The molecule has 0 aliphatic rings. The molecular formula is C13H26N2O. The summed E-state index contributed by atoms with van der Waals surface area (Å²) in [5.41, 5.74) is -0.169. The van der Waals surface area contributed by atoms with E-state index in [1.807, 2.05) is 33.8 Å². The van der Waals surface area contributed by atoms with Crippen molar-refractivity contribution in [1.82, 2.24) is 10.6 Å². The highest BCUT2D eigenvalue weighted by Crippen LogP contribution is 2.02. The molecule has 1 amide bonds. The smallest absolute Gasteiger partial charge is 0.237 e. The highest BCUT2D eigenvalue weighted by molar-refractivity contribution is 5.81. The zero-order valence-corrected chi connectivity index (χ0v) is 11.3. The van der Waals surface area contributed by atoms with Gasteiger partial charge < -0.3 is 10.6 Å². The molecule has 2 N–H and O–H groups in total. The predicted molar refractivity (Wildman–Crippen MR) is 69.4 cm³/mol. The van der Waals surface area contributed by atoms with E-state index in [9.17, 15) is 4.79 Å². The molecule has 0 saturated heterocycles. The first-order chi connectivity index (χ1) is 7.26. The van der Waals surface area contributed by atoms with Crippen molar-refractivity contribution in [2.45, 2.75) is 65.1 Å². The fourth-order valence-corrected chi connectivity index (χ4v) is 1.43. The van der Waals surface area contributed by atoms with Crippen LogP contribution < -0.4 is 10.6 Å². The Hall–Kier alpha value is -0.830. The Labute approximate surface area is 99.7 Å². The molecule has 0 aliphatic heterocycles. The lowest BCUT2D eigenvalue weighted by Gasteiger charge is -2.25. The largest absolute Gasteiger partial charge is 0.350 e. The minimum Gasteiger partial charge on any atom is -0.350 e. The SMILES string of the molecule is C=CCCC(C)NC(C)C(=O)NC(C)(C)C. The number of carbonyl (C=O) groups is 1. The van der Waals surface area contributed by atoms with Crippen LogP contribution in [0, 0.1) is 0 Å². The van der Waals surface area contributed by atoms with Gasteiger partial charge in [-0.15, -0.1) is 6.58 Å². The van der Waals surface area contributed by atoms with Crippen molar-refractivity contribution >= 4 is 5.91 Å². The standard InChI is InChI=1S/C13H26N2O/c1-7-8-9-10(2)14-11(3)12(16)15-13(4,5)6/h7,10-11,14H,1,8-9H2,2-6H3,(H,15,16). The van der Waals surface area contributed by atoms with E-state index in [-0.39, 0.29) is 17.5 Å². The summed E-state index contributed by atoms with van der Waals surface area (Å²) >= 11 is 0. The maximum absolute atomic E-state index is 11.8. The molecule has 3 heteroatoms. The van der Waals surface area contributed by atoms with Crippen LogP contribution in [-0.4, -0.2) is 23.5 Å². The molecule has 94 valence electrons. The van der Waals surface area contributed by atoms with Gasteiger partial charge in [0, 0.05) is 11.6 Å². The number of rotatable bonds is 6. The van der Waals surface area contributed by atoms with Crippen LogP contribution in [0.15, 0.2) is 12.7 Å². The van der Waals surface area contributed by atoms with Crippen LogP contribution in [0.1, 0.15) is 47.5 Å². The van der Waals surface area contributed by atoms with Crippen molar-refractivity contribution in [3.05, 3.63) is 12.7 Å². The molecule has 0 saturated carbocycles. The van der Waals surface area contributed by atoms with Gasteiger partial charge >= 0.3 is 0 Å². The number of hydrogen-bond acceptors (Lipinski definition) is 2. The van der Waals surface area contributed by atoms with Gasteiger partial charge in [-0.3, -0.25) is 4.79 Å². The quantitative estimate of drug-likeness (QED) is 0.682. The van der Waals surface area contributed by atoms with Crippen LogP contribution in [0.2, 0.25) is 0 Å². The Kier molecular flexibility index (Phi) is 6.34. The average molecular weight is 226 g/mol. The van der Waals surface area contributed by atoms with E-state index in [0.29, 0.717) is 6.04 Å². The molecule has 0 aliphatic carbocycles. The molecule has 2 atom stereocenters. The minimum atomic E-state index is -0.169. The molecule has 0 aromatic heterocycles. The summed E-state index contributed by atoms with van der Waals surface area (Å²) in [6.07, 6.45) is 3.89. The van der Waals surface area contributed by atoms with Crippen molar-refractivity contribution in [1.29, 1.82) is 0 Å². The van der Waals surface area contributed by atoms with Gasteiger partial charge in [-0.1, -0.05) is 6.08 Å². The third-order valence-electron chi connectivity index (χ3n) is 2.23. The third-order valence-corrected chi connectivity index (χ3v) is 2.23. The summed E-state index contributed by atoms with van der Waals surface area (Å²) in [5, 5.41) is 6.24. The number of nitrogens with one attached hydrogen (secondary N) is 2. The van der Waals surface area contributed by atoms with E-state index < -0.39 is 0 Å². The van der Waals surface area contributed by atoms with Crippen LogP contribution in [0.3, 0.4) is 0 Å².